The zero-order valence-corrected chi connectivity index (χ0v) is 12.9. The number of hydrogen-bond donors (Lipinski definition) is 0. The molecule has 0 bridgehead atoms. The van der Waals surface area contributed by atoms with Crippen molar-refractivity contribution in [1.82, 2.24) is 14.7 Å². The van der Waals surface area contributed by atoms with E-state index in [1.165, 1.54) is 4.90 Å². The highest BCUT2D eigenvalue weighted by Crippen LogP contribution is 2.19. The third-order valence-electron chi connectivity index (χ3n) is 4.11. The van der Waals surface area contributed by atoms with Crippen molar-refractivity contribution in [3.05, 3.63) is 34.9 Å². The van der Waals surface area contributed by atoms with Gasteiger partial charge in [-0.25, -0.2) is 0 Å². The van der Waals surface area contributed by atoms with E-state index in [1.807, 2.05) is 0 Å². The van der Waals surface area contributed by atoms with Gasteiger partial charge in [0, 0.05) is 30.7 Å². The molecule has 3 amide bonds. The first-order valence-corrected chi connectivity index (χ1v) is 7.44. The van der Waals surface area contributed by atoms with E-state index >= 15 is 0 Å². The van der Waals surface area contributed by atoms with Crippen LogP contribution in [0.25, 0.3) is 0 Å². The van der Waals surface area contributed by atoms with Gasteiger partial charge in [-0.15, -0.1) is 0 Å². The summed E-state index contributed by atoms with van der Waals surface area (Å²) in [4.78, 5) is 41.3. The molecule has 2 aliphatic rings. The molecule has 2 saturated heterocycles. The van der Waals surface area contributed by atoms with Gasteiger partial charge in [-0.1, -0.05) is 11.6 Å². The van der Waals surface area contributed by atoms with Gasteiger partial charge < -0.3 is 14.7 Å². The molecule has 1 atom stereocenters. The smallest absolute Gasteiger partial charge is 0.254 e. The summed E-state index contributed by atoms with van der Waals surface area (Å²) < 4.78 is 0. The van der Waals surface area contributed by atoms with Crippen molar-refractivity contribution in [3.8, 4) is 0 Å². The fourth-order valence-electron chi connectivity index (χ4n) is 2.88. The quantitative estimate of drug-likeness (QED) is 0.755. The fourth-order valence-corrected chi connectivity index (χ4v) is 3.00. The van der Waals surface area contributed by atoms with Crippen LogP contribution in [0.15, 0.2) is 24.3 Å². The lowest BCUT2D eigenvalue weighted by molar-refractivity contribution is -0.157. The Balaban J connectivity index is 1.77. The average Bonchev–Trinajstić information content (AvgIpc) is 2.52. The lowest BCUT2D eigenvalue weighted by atomic mass is 10.1. The molecule has 0 saturated carbocycles. The van der Waals surface area contributed by atoms with Crippen LogP contribution in [0, 0.1) is 0 Å². The van der Waals surface area contributed by atoms with Crippen molar-refractivity contribution in [2.24, 2.45) is 0 Å². The number of piperazine rings is 2. The molecule has 22 heavy (non-hydrogen) atoms. The number of benzene rings is 1. The van der Waals surface area contributed by atoms with Crippen LogP contribution in [-0.4, -0.2) is 71.7 Å². The van der Waals surface area contributed by atoms with Gasteiger partial charge in [0.05, 0.1) is 13.1 Å². The number of carbonyl (C=O) groups is 3. The predicted molar refractivity (Wildman–Crippen MR) is 80.5 cm³/mol. The molecule has 2 heterocycles. The first kappa shape index (κ1) is 14.8. The van der Waals surface area contributed by atoms with E-state index < -0.39 is 6.04 Å². The van der Waals surface area contributed by atoms with Gasteiger partial charge in [-0.05, 0) is 24.3 Å². The number of halogens is 1. The third-order valence-corrected chi connectivity index (χ3v) is 4.36. The van der Waals surface area contributed by atoms with Crippen LogP contribution in [0.4, 0.5) is 0 Å². The Labute approximate surface area is 133 Å². The van der Waals surface area contributed by atoms with Crippen LogP contribution in [0.5, 0.6) is 0 Å². The second-order valence-corrected chi connectivity index (χ2v) is 5.99. The van der Waals surface area contributed by atoms with E-state index in [1.54, 1.807) is 41.1 Å². The number of hydrogen-bond acceptors (Lipinski definition) is 3. The summed E-state index contributed by atoms with van der Waals surface area (Å²) in [6.07, 6.45) is 0. The second-order valence-electron chi connectivity index (χ2n) is 5.56. The molecule has 7 heteroatoms. The lowest BCUT2D eigenvalue weighted by Gasteiger charge is -2.45. The van der Waals surface area contributed by atoms with Crippen LogP contribution >= 0.6 is 11.6 Å². The van der Waals surface area contributed by atoms with Crippen molar-refractivity contribution in [3.63, 3.8) is 0 Å². The lowest BCUT2D eigenvalue weighted by Crippen LogP contribution is -2.66. The summed E-state index contributed by atoms with van der Waals surface area (Å²) in [6.45, 7) is 1.17. The second kappa shape index (κ2) is 5.61. The van der Waals surface area contributed by atoms with E-state index in [9.17, 15) is 14.4 Å². The van der Waals surface area contributed by atoms with E-state index in [0.717, 1.165) is 0 Å². The Hall–Kier alpha value is -2.08. The van der Waals surface area contributed by atoms with Gasteiger partial charge >= 0.3 is 0 Å². The Kier molecular flexibility index (Phi) is 3.78. The maximum Gasteiger partial charge on any atom is 0.254 e. The van der Waals surface area contributed by atoms with Crippen LogP contribution in [0.1, 0.15) is 10.4 Å². The van der Waals surface area contributed by atoms with Crippen molar-refractivity contribution in [1.29, 1.82) is 0 Å². The number of fused-ring (bicyclic) bond motifs is 1. The van der Waals surface area contributed by atoms with Crippen molar-refractivity contribution < 1.29 is 14.4 Å². The van der Waals surface area contributed by atoms with Crippen LogP contribution in [0.3, 0.4) is 0 Å². The van der Waals surface area contributed by atoms with Gasteiger partial charge in [0.25, 0.3) is 5.91 Å². The molecule has 2 aliphatic heterocycles. The highest BCUT2D eigenvalue weighted by molar-refractivity contribution is 6.30. The molecular weight excluding hydrogens is 306 g/mol. The van der Waals surface area contributed by atoms with Gasteiger partial charge in [0.2, 0.25) is 11.8 Å². The number of carbonyl (C=O) groups excluding carboxylic acids is 3. The van der Waals surface area contributed by atoms with Crippen LogP contribution in [0.2, 0.25) is 5.02 Å². The molecule has 1 aromatic rings. The minimum absolute atomic E-state index is 0.0642. The Morgan fingerprint density at radius 2 is 1.86 bits per heavy atom. The fraction of sp³-hybridized carbons (Fsp3) is 0.400. The Morgan fingerprint density at radius 1 is 1.18 bits per heavy atom. The van der Waals surface area contributed by atoms with Gasteiger partial charge in [-0.2, -0.15) is 0 Å². The average molecular weight is 322 g/mol. The molecule has 0 unspecified atom stereocenters. The molecule has 6 nitrogen and oxygen atoms in total. The minimum Gasteiger partial charge on any atom is -0.335 e. The molecule has 0 radical (unpaired) electrons. The maximum atomic E-state index is 12.5. The molecule has 2 fully saturated rings. The molecule has 116 valence electrons. The Bertz CT molecular complexity index is 631. The molecule has 0 aliphatic carbocycles. The number of amides is 3. The van der Waals surface area contributed by atoms with Crippen molar-refractivity contribution in [2.45, 2.75) is 6.04 Å². The standard InChI is InChI=1S/C15H16ClN3O3/c1-17-9-13(20)19-7-6-18(8-12(19)15(17)22)14(21)10-2-4-11(16)5-3-10/h2-5,12H,6-9H2,1H3/t12-/m1/s1. The SMILES string of the molecule is CN1CC(=O)N2CCN(C(=O)c3ccc(Cl)cc3)C[C@@H]2C1=O. The van der Waals surface area contributed by atoms with E-state index in [2.05, 4.69) is 0 Å². The largest absolute Gasteiger partial charge is 0.335 e. The third kappa shape index (κ3) is 2.54. The van der Waals surface area contributed by atoms with Crippen LogP contribution < -0.4 is 0 Å². The molecular formula is C15H16ClN3O3. The number of nitrogens with zero attached hydrogens (tertiary/aromatic N) is 3. The minimum atomic E-state index is -0.573. The van der Waals surface area contributed by atoms with E-state index in [0.29, 0.717) is 23.7 Å². The summed E-state index contributed by atoms with van der Waals surface area (Å²) in [5, 5.41) is 0.566. The topological polar surface area (TPSA) is 60.9 Å². The number of rotatable bonds is 1. The maximum absolute atomic E-state index is 12.5. The van der Waals surface area contributed by atoms with E-state index in [4.69, 9.17) is 11.6 Å². The van der Waals surface area contributed by atoms with Crippen molar-refractivity contribution in [2.75, 3.05) is 33.2 Å². The highest BCUT2D eigenvalue weighted by Gasteiger charge is 2.42. The number of likely N-dealkylation sites (N-methyl/N-ethyl adjacent to an activating group) is 1. The summed E-state index contributed by atoms with van der Waals surface area (Å²) >= 11 is 5.83. The highest BCUT2D eigenvalue weighted by atomic mass is 35.5. The molecule has 0 aromatic heterocycles. The zero-order valence-electron chi connectivity index (χ0n) is 12.2. The molecule has 1 aromatic carbocycles. The predicted octanol–water partition coefficient (Wildman–Crippen LogP) is 0.465. The van der Waals surface area contributed by atoms with Gasteiger partial charge in [-0.3, -0.25) is 14.4 Å². The van der Waals surface area contributed by atoms with Crippen molar-refractivity contribution >= 4 is 29.3 Å². The summed E-state index contributed by atoms with van der Waals surface area (Å²) in [6, 6.07) is 6.08. The summed E-state index contributed by atoms with van der Waals surface area (Å²) in [7, 11) is 1.61. The van der Waals surface area contributed by atoms with E-state index in [-0.39, 0.29) is 30.8 Å². The monoisotopic (exact) mass is 321 g/mol. The first-order valence-electron chi connectivity index (χ1n) is 7.06. The Morgan fingerprint density at radius 3 is 2.55 bits per heavy atom. The van der Waals surface area contributed by atoms with Crippen LogP contribution in [-0.2, 0) is 9.59 Å². The zero-order chi connectivity index (χ0) is 15.9. The molecule has 0 spiro atoms. The normalized spacial score (nSPS) is 21.9. The summed E-state index contributed by atoms with van der Waals surface area (Å²) in [5.74, 6) is -0.330. The van der Waals surface area contributed by atoms with Gasteiger partial charge in [0.1, 0.15) is 6.04 Å². The first-order chi connectivity index (χ1) is 10.5. The molecule has 0 N–H and O–H groups in total. The molecule has 3 rings (SSSR count). The van der Waals surface area contributed by atoms with Gasteiger partial charge in [0.15, 0.2) is 0 Å². The summed E-state index contributed by atoms with van der Waals surface area (Å²) in [5.41, 5.74) is 0.529.